The van der Waals surface area contributed by atoms with Crippen LogP contribution >= 0.6 is 23.4 Å². The Morgan fingerprint density at radius 1 is 1.12 bits per heavy atom. The second-order valence-corrected chi connectivity index (χ2v) is 8.74. The van der Waals surface area contributed by atoms with Crippen LogP contribution in [0.15, 0.2) is 77.7 Å². The summed E-state index contributed by atoms with van der Waals surface area (Å²) in [5.74, 6) is -0.130. The number of halogens is 1. The first-order valence-electron chi connectivity index (χ1n) is 10.1. The highest BCUT2D eigenvalue weighted by molar-refractivity contribution is 8.19. The lowest BCUT2D eigenvalue weighted by atomic mass is 10.1. The Morgan fingerprint density at radius 2 is 1.88 bits per heavy atom. The Hall–Kier alpha value is -3.55. The molecule has 0 radical (unpaired) electrons. The summed E-state index contributed by atoms with van der Waals surface area (Å²) in [5, 5.41) is 11.7. The number of carbonyl (C=O) groups is 2. The van der Waals surface area contributed by atoms with Crippen LogP contribution in [0.4, 0.5) is 11.4 Å². The van der Waals surface area contributed by atoms with Crippen LogP contribution in [0.25, 0.3) is 6.08 Å². The maximum atomic E-state index is 13.0. The molecule has 0 atom stereocenters. The number of amides is 2. The van der Waals surface area contributed by atoms with E-state index in [0.29, 0.717) is 32.6 Å². The van der Waals surface area contributed by atoms with Crippen LogP contribution in [0.3, 0.4) is 0 Å². The zero-order valence-corrected chi connectivity index (χ0v) is 19.2. The third kappa shape index (κ3) is 5.45. The van der Waals surface area contributed by atoms with E-state index in [1.165, 1.54) is 4.90 Å². The molecule has 1 fully saturated rings. The molecule has 0 unspecified atom stereocenters. The fraction of sp³-hybridized carbons (Fsp3) is 0.0800. The molecule has 3 aromatic carbocycles. The van der Waals surface area contributed by atoms with E-state index < -0.39 is 0 Å². The molecular formula is C25H20ClN3O3S. The minimum absolute atomic E-state index is 0.137. The summed E-state index contributed by atoms with van der Waals surface area (Å²) in [7, 11) is 0. The highest BCUT2D eigenvalue weighted by Crippen LogP contribution is 2.36. The molecule has 6 nitrogen and oxygen atoms in total. The van der Waals surface area contributed by atoms with E-state index in [1.807, 2.05) is 31.2 Å². The Morgan fingerprint density at radius 3 is 2.64 bits per heavy atom. The van der Waals surface area contributed by atoms with Gasteiger partial charge in [0.2, 0.25) is 0 Å². The lowest BCUT2D eigenvalue weighted by Gasteiger charge is -2.14. The number of carbonyl (C=O) groups excluding carboxylic acids is 2. The lowest BCUT2D eigenvalue weighted by Crippen LogP contribution is -2.28. The van der Waals surface area contributed by atoms with Crippen molar-refractivity contribution >= 4 is 57.8 Å². The molecule has 8 heteroatoms. The number of thioether (sulfide) groups is 1. The first-order valence-corrected chi connectivity index (χ1v) is 11.3. The van der Waals surface area contributed by atoms with Crippen LogP contribution in [0.1, 0.15) is 11.1 Å². The Kier molecular flexibility index (Phi) is 6.82. The van der Waals surface area contributed by atoms with Crippen LogP contribution in [-0.2, 0) is 9.59 Å². The smallest absolute Gasteiger partial charge is 0.271 e. The Bertz CT molecular complexity index is 1260. The maximum absolute atomic E-state index is 13.0. The van der Waals surface area contributed by atoms with Crippen LogP contribution < -0.4 is 15.0 Å². The molecule has 1 heterocycles. The van der Waals surface area contributed by atoms with Crippen LogP contribution in [0.5, 0.6) is 5.75 Å². The van der Waals surface area contributed by atoms with E-state index in [2.05, 4.69) is 5.32 Å². The van der Waals surface area contributed by atoms with Crippen molar-refractivity contribution in [3.05, 3.63) is 93.9 Å². The van der Waals surface area contributed by atoms with E-state index in [1.54, 1.807) is 54.6 Å². The number of para-hydroxylation sites is 1. The molecule has 0 aromatic heterocycles. The third-order valence-electron chi connectivity index (χ3n) is 4.78. The van der Waals surface area contributed by atoms with E-state index in [-0.39, 0.29) is 23.6 Å². The monoisotopic (exact) mass is 477 g/mol. The SMILES string of the molecule is Cc1cccc(N2C(=N)S/C(=C\c3ccccc3OCC(=O)Nc3ccc(Cl)cc3)C2=O)c1. The molecule has 166 valence electrons. The average Bonchev–Trinajstić information content (AvgIpc) is 3.07. The highest BCUT2D eigenvalue weighted by Gasteiger charge is 2.33. The molecule has 0 bridgehead atoms. The topological polar surface area (TPSA) is 82.5 Å². The summed E-state index contributed by atoms with van der Waals surface area (Å²) in [5.41, 5.74) is 2.92. The number of anilines is 2. The number of hydrogen-bond acceptors (Lipinski definition) is 5. The largest absolute Gasteiger partial charge is 0.483 e. The molecule has 33 heavy (non-hydrogen) atoms. The van der Waals surface area contributed by atoms with Crippen molar-refractivity contribution in [2.75, 3.05) is 16.8 Å². The summed E-state index contributed by atoms with van der Waals surface area (Å²) in [4.78, 5) is 27.1. The number of benzene rings is 3. The number of nitrogens with zero attached hydrogens (tertiary/aromatic N) is 1. The lowest BCUT2D eigenvalue weighted by molar-refractivity contribution is -0.118. The summed E-state index contributed by atoms with van der Waals surface area (Å²) < 4.78 is 5.72. The second kappa shape index (κ2) is 9.94. The van der Waals surface area contributed by atoms with Crippen molar-refractivity contribution in [3.8, 4) is 5.75 Å². The summed E-state index contributed by atoms with van der Waals surface area (Å²) in [6.45, 7) is 1.74. The predicted molar refractivity (Wildman–Crippen MR) is 134 cm³/mol. The van der Waals surface area contributed by atoms with Gasteiger partial charge in [-0.25, -0.2) is 0 Å². The van der Waals surface area contributed by atoms with Crippen molar-refractivity contribution in [1.29, 1.82) is 5.41 Å². The highest BCUT2D eigenvalue weighted by atomic mass is 35.5. The number of amidine groups is 1. The van der Waals surface area contributed by atoms with Gasteiger partial charge >= 0.3 is 0 Å². The van der Waals surface area contributed by atoms with Crippen LogP contribution in [-0.4, -0.2) is 23.6 Å². The van der Waals surface area contributed by atoms with Crippen molar-refractivity contribution < 1.29 is 14.3 Å². The number of ether oxygens (including phenoxy) is 1. The van der Waals surface area contributed by atoms with Crippen molar-refractivity contribution in [1.82, 2.24) is 0 Å². The van der Waals surface area contributed by atoms with Gasteiger partial charge in [0.1, 0.15) is 5.75 Å². The van der Waals surface area contributed by atoms with Gasteiger partial charge in [0, 0.05) is 16.3 Å². The molecule has 2 N–H and O–H groups in total. The van der Waals surface area contributed by atoms with E-state index >= 15 is 0 Å². The van der Waals surface area contributed by atoms with Crippen molar-refractivity contribution in [2.24, 2.45) is 0 Å². The number of aryl methyl sites for hydroxylation is 1. The van der Waals surface area contributed by atoms with Gasteiger partial charge in [-0.3, -0.25) is 19.9 Å². The average molecular weight is 478 g/mol. The molecule has 0 saturated carbocycles. The van der Waals surface area contributed by atoms with Crippen LogP contribution in [0.2, 0.25) is 5.02 Å². The van der Waals surface area contributed by atoms with Gasteiger partial charge in [-0.1, -0.05) is 41.9 Å². The number of rotatable bonds is 6. The van der Waals surface area contributed by atoms with E-state index in [9.17, 15) is 9.59 Å². The fourth-order valence-electron chi connectivity index (χ4n) is 3.23. The number of nitrogens with one attached hydrogen (secondary N) is 2. The fourth-order valence-corrected chi connectivity index (χ4v) is 4.21. The third-order valence-corrected chi connectivity index (χ3v) is 5.92. The van der Waals surface area contributed by atoms with Crippen LogP contribution in [0, 0.1) is 12.3 Å². The standard InChI is InChI=1S/C25H20ClN3O3S/c1-16-5-4-7-20(13-16)29-24(31)22(33-25(29)27)14-17-6-2-3-8-21(17)32-15-23(30)28-19-11-9-18(26)10-12-19/h2-14,27H,15H2,1H3,(H,28,30)/b22-14-,27-25?. The second-order valence-electron chi connectivity index (χ2n) is 7.28. The quantitative estimate of drug-likeness (QED) is 0.445. The molecule has 1 aliphatic rings. The molecule has 0 aliphatic carbocycles. The van der Waals surface area contributed by atoms with Crippen molar-refractivity contribution in [3.63, 3.8) is 0 Å². The minimum atomic E-state index is -0.321. The van der Waals surface area contributed by atoms with Gasteiger partial charge in [-0.2, -0.15) is 0 Å². The van der Waals surface area contributed by atoms with Gasteiger partial charge in [-0.15, -0.1) is 0 Å². The molecule has 2 amide bonds. The van der Waals surface area contributed by atoms with Crippen molar-refractivity contribution in [2.45, 2.75) is 6.92 Å². The predicted octanol–water partition coefficient (Wildman–Crippen LogP) is 5.72. The Labute approximate surface area is 200 Å². The molecule has 1 saturated heterocycles. The summed E-state index contributed by atoms with van der Waals surface area (Å²) in [6, 6.07) is 21.4. The molecule has 3 aromatic rings. The van der Waals surface area contributed by atoms with E-state index in [4.69, 9.17) is 21.7 Å². The van der Waals surface area contributed by atoms with Gasteiger partial charge in [0.25, 0.3) is 11.8 Å². The normalized spacial score (nSPS) is 14.6. The first kappa shape index (κ1) is 22.6. The first-order chi connectivity index (χ1) is 15.9. The summed E-state index contributed by atoms with van der Waals surface area (Å²) >= 11 is 6.95. The van der Waals surface area contributed by atoms with Gasteiger partial charge in [-0.05, 0) is 72.8 Å². The maximum Gasteiger partial charge on any atom is 0.271 e. The minimum Gasteiger partial charge on any atom is -0.483 e. The Balaban J connectivity index is 1.48. The molecule has 1 aliphatic heterocycles. The van der Waals surface area contributed by atoms with Gasteiger partial charge < -0.3 is 10.1 Å². The van der Waals surface area contributed by atoms with E-state index in [0.717, 1.165) is 17.3 Å². The van der Waals surface area contributed by atoms with Gasteiger partial charge in [0.05, 0.1) is 10.6 Å². The van der Waals surface area contributed by atoms with Gasteiger partial charge in [0.15, 0.2) is 11.8 Å². The zero-order chi connectivity index (χ0) is 23.4. The summed E-state index contributed by atoms with van der Waals surface area (Å²) in [6.07, 6.45) is 1.68. The zero-order valence-electron chi connectivity index (χ0n) is 17.7. The number of hydrogen-bond donors (Lipinski definition) is 2. The molecular weight excluding hydrogens is 458 g/mol. The molecule has 0 spiro atoms. The molecule has 4 rings (SSSR count).